The number of nitrogens with one attached hydrogen (secondary N) is 1. The molecule has 1 aliphatic carbocycles. The van der Waals surface area contributed by atoms with Gasteiger partial charge in [0.05, 0.1) is 18.2 Å². The summed E-state index contributed by atoms with van der Waals surface area (Å²) in [5, 5.41) is 33.0. The maximum Gasteiger partial charge on any atom is 0.246 e. The fourth-order valence-electron chi connectivity index (χ4n) is 4.92. The maximum absolute atomic E-state index is 13.0. The molecule has 4 atom stereocenters. The van der Waals surface area contributed by atoms with Crippen molar-refractivity contribution in [2.45, 2.75) is 37.5 Å². The van der Waals surface area contributed by atoms with Gasteiger partial charge >= 0.3 is 0 Å². The zero-order chi connectivity index (χ0) is 17.7. The van der Waals surface area contributed by atoms with E-state index >= 15 is 0 Å². The molecule has 3 aliphatic rings. The highest BCUT2D eigenvalue weighted by atomic mass is 16.5. The Labute approximate surface area is 145 Å². The smallest absolute Gasteiger partial charge is 0.246 e. The van der Waals surface area contributed by atoms with E-state index in [0.29, 0.717) is 18.4 Å². The molecule has 0 spiro atoms. The lowest BCUT2D eigenvalue weighted by Crippen LogP contribution is -2.61. The van der Waals surface area contributed by atoms with Gasteiger partial charge in [-0.15, -0.1) is 0 Å². The SMILES string of the molecule is N#CC1(C#N)C(c2ccccc2)OC23CCCCC2C1(C#N)C(=O)N3. The van der Waals surface area contributed by atoms with Gasteiger partial charge in [-0.2, -0.15) is 15.8 Å². The van der Waals surface area contributed by atoms with Crippen LogP contribution in [0.4, 0.5) is 0 Å². The first-order valence-electron chi connectivity index (χ1n) is 8.39. The Bertz CT molecular complexity index is 848. The first-order chi connectivity index (χ1) is 12.1. The molecule has 0 radical (unpaired) electrons. The van der Waals surface area contributed by atoms with Crippen molar-refractivity contribution in [3.8, 4) is 18.2 Å². The van der Waals surface area contributed by atoms with E-state index in [4.69, 9.17) is 4.74 Å². The Kier molecular flexibility index (Phi) is 3.16. The molecule has 6 nitrogen and oxygen atoms in total. The average molecular weight is 332 g/mol. The van der Waals surface area contributed by atoms with E-state index < -0.39 is 34.5 Å². The number of amides is 1. The number of rotatable bonds is 1. The van der Waals surface area contributed by atoms with E-state index in [1.54, 1.807) is 24.3 Å². The molecule has 2 aliphatic heterocycles. The van der Waals surface area contributed by atoms with E-state index in [1.165, 1.54) is 0 Å². The van der Waals surface area contributed by atoms with Gasteiger partial charge in [-0.05, 0) is 24.8 Å². The summed E-state index contributed by atoms with van der Waals surface area (Å²) in [5.74, 6) is -1.05. The van der Waals surface area contributed by atoms with Crippen LogP contribution in [0.1, 0.15) is 37.4 Å². The van der Waals surface area contributed by atoms with Gasteiger partial charge in [-0.25, -0.2) is 0 Å². The zero-order valence-electron chi connectivity index (χ0n) is 13.5. The monoisotopic (exact) mass is 332 g/mol. The Balaban J connectivity index is 2.01. The molecule has 1 saturated carbocycles. The summed E-state index contributed by atoms with van der Waals surface area (Å²) >= 11 is 0. The highest BCUT2D eigenvalue weighted by Crippen LogP contribution is 2.67. The molecule has 4 unspecified atom stereocenters. The van der Waals surface area contributed by atoms with Crippen LogP contribution in [0.25, 0.3) is 0 Å². The lowest BCUT2D eigenvalue weighted by molar-refractivity contribution is -0.227. The molecule has 0 aromatic heterocycles. The van der Waals surface area contributed by atoms with Crippen molar-refractivity contribution in [3.63, 3.8) is 0 Å². The molecule has 3 fully saturated rings. The standard InChI is InChI=1S/C19H16N4O2/c20-10-17(11-21)15(13-6-2-1-3-7-13)25-19-9-5-4-8-14(19)18(17,12-22)16(24)23-19/h1-3,6-7,14-15H,4-5,8-9H2,(H,23,24). The maximum atomic E-state index is 13.0. The van der Waals surface area contributed by atoms with Gasteiger partial charge in [0.15, 0.2) is 5.41 Å². The topological polar surface area (TPSA) is 110 Å². The van der Waals surface area contributed by atoms with Crippen LogP contribution >= 0.6 is 0 Å². The van der Waals surface area contributed by atoms with Gasteiger partial charge in [-0.3, -0.25) is 4.79 Å². The predicted molar refractivity (Wildman–Crippen MR) is 84.8 cm³/mol. The number of carbonyl (C=O) groups excluding carboxylic acids is 1. The van der Waals surface area contributed by atoms with Crippen molar-refractivity contribution < 1.29 is 9.53 Å². The minimum absolute atomic E-state index is 0.495. The highest BCUT2D eigenvalue weighted by Gasteiger charge is 2.80. The van der Waals surface area contributed by atoms with Crippen LogP contribution < -0.4 is 5.32 Å². The second kappa shape index (κ2) is 5.06. The fourth-order valence-corrected chi connectivity index (χ4v) is 4.92. The van der Waals surface area contributed by atoms with Gasteiger partial charge in [0, 0.05) is 5.92 Å². The van der Waals surface area contributed by atoms with E-state index in [1.807, 2.05) is 18.2 Å². The normalized spacial score (nSPS) is 37.7. The Morgan fingerprint density at radius 3 is 2.44 bits per heavy atom. The lowest BCUT2D eigenvalue weighted by Gasteiger charge is -2.52. The van der Waals surface area contributed by atoms with Crippen molar-refractivity contribution in [2.24, 2.45) is 16.7 Å². The van der Waals surface area contributed by atoms with E-state index in [0.717, 1.165) is 12.8 Å². The summed E-state index contributed by atoms with van der Waals surface area (Å²) < 4.78 is 6.32. The number of ether oxygens (including phenoxy) is 1. The Morgan fingerprint density at radius 1 is 1.08 bits per heavy atom. The van der Waals surface area contributed by atoms with Crippen LogP contribution in [0.2, 0.25) is 0 Å². The molecule has 6 heteroatoms. The van der Waals surface area contributed by atoms with Gasteiger partial charge in [0.25, 0.3) is 0 Å². The second-order valence-electron chi connectivity index (χ2n) is 7.00. The molecule has 1 amide bonds. The summed E-state index contributed by atoms with van der Waals surface area (Å²) in [7, 11) is 0. The third-order valence-corrected chi connectivity index (χ3v) is 6.03. The summed E-state index contributed by atoms with van der Waals surface area (Å²) in [6.45, 7) is 0. The van der Waals surface area contributed by atoms with Gasteiger partial charge in [0.2, 0.25) is 11.3 Å². The molecule has 1 aromatic rings. The predicted octanol–water partition coefficient (Wildman–Crippen LogP) is 2.32. The quantitative estimate of drug-likeness (QED) is 0.848. The largest absolute Gasteiger partial charge is 0.345 e. The van der Waals surface area contributed by atoms with Crippen molar-refractivity contribution in [1.82, 2.24) is 5.32 Å². The molecule has 2 bridgehead atoms. The first kappa shape index (κ1) is 15.6. The van der Waals surface area contributed by atoms with Gasteiger partial charge in [0.1, 0.15) is 11.8 Å². The van der Waals surface area contributed by atoms with Crippen LogP contribution in [-0.2, 0) is 9.53 Å². The van der Waals surface area contributed by atoms with E-state index in [2.05, 4.69) is 11.4 Å². The van der Waals surface area contributed by atoms with Gasteiger partial charge in [-0.1, -0.05) is 36.8 Å². The summed E-state index contributed by atoms with van der Waals surface area (Å²) in [6.07, 6.45) is 1.92. The van der Waals surface area contributed by atoms with E-state index in [9.17, 15) is 20.6 Å². The molecule has 124 valence electrons. The molecule has 4 rings (SSSR count). The van der Waals surface area contributed by atoms with Crippen molar-refractivity contribution >= 4 is 5.91 Å². The number of carbonyl (C=O) groups is 1. The number of hydrogen-bond donors (Lipinski definition) is 1. The third-order valence-electron chi connectivity index (χ3n) is 6.03. The van der Waals surface area contributed by atoms with Crippen LogP contribution in [0, 0.1) is 50.7 Å². The zero-order valence-corrected chi connectivity index (χ0v) is 13.5. The lowest BCUT2D eigenvalue weighted by atomic mass is 9.51. The van der Waals surface area contributed by atoms with Crippen LogP contribution in [0.5, 0.6) is 0 Å². The number of hydrogen-bond acceptors (Lipinski definition) is 5. The number of nitrogens with zero attached hydrogens (tertiary/aromatic N) is 3. The Hall–Kier alpha value is -2.88. The second-order valence-corrected chi connectivity index (χ2v) is 7.00. The minimum atomic E-state index is -1.89. The van der Waals surface area contributed by atoms with Crippen molar-refractivity contribution in [2.75, 3.05) is 0 Å². The third kappa shape index (κ3) is 1.62. The molecule has 2 saturated heterocycles. The molecular weight excluding hydrogens is 316 g/mol. The highest BCUT2D eigenvalue weighted by molar-refractivity contribution is 5.92. The van der Waals surface area contributed by atoms with Crippen molar-refractivity contribution in [3.05, 3.63) is 35.9 Å². The van der Waals surface area contributed by atoms with Crippen LogP contribution in [0.15, 0.2) is 30.3 Å². The number of nitriles is 3. The summed E-state index contributed by atoms with van der Waals surface area (Å²) in [4.78, 5) is 13.0. The molecule has 1 aromatic carbocycles. The summed E-state index contributed by atoms with van der Waals surface area (Å²) in [6, 6.07) is 15.1. The average Bonchev–Trinajstić information content (AvgIpc) is 2.87. The molecule has 2 heterocycles. The molecule has 25 heavy (non-hydrogen) atoms. The minimum Gasteiger partial charge on any atom is -0.345 e. The van der Waals surface area contributed by atoms with E-state index in [-0.39, 0.29) is 0 Å². The Morgan fingerprint density at radius 2 is 1.80 bits per heavy atom. The van der Waals surface area contributed by atoms with Crippen LogP contribution in [-0.4, -0.2) is 11.6 Å². The number of benzene rings is 1. The summed E-state index contributed by atoms with van der Waals surface area (Å²) in [5.41, 5.74) is -3.96. The first-order valence-corrected chi connectivity index (χ1v) is 8.39. The molecular formula is C19H16N4O2. The van der Waals surface area contributed by atoms with Gasteiger partial charge < -0.3 is 10.1 Å². The fraction of sp³-hybridized carbons (Fsp3) is 0.474. The molecule has 1 N–H and O–H groups in total. The van der Waals surface area contributed by atoms with Crippen LogP contribution in [0.3, 0.4) is 0 Å². The van der Waals surface area contributed by atoms with Crippen molar-refractivity contribution in [1.29, 1.82) is 15.8 Å².